The Kier molecular flexibility index (Phi) is 4.55. The van der Waals surface area contributed by atoms with Gasteiger partial charge in [-0.2, -0.15) is 0 Å². The summed E-state index contributed by atoms with van der Waals surface area (Å²) in [5, 5.41) is 0.324. The SMILES string of the molecule is NC(Cc1ccc(Cl)cc1F)c1ccc(Br)cc1F. The highest BCUT2D eigenvalue weighted by atomic mass is 79.9. The Labute approximate surface area is 123 Å². The van der Waals surface area contributed by atoms with E-state index in [1.807, 2.05) is 0 Å². The summed E-state index contributed by atoms with van der Waals surface area (Å²) in [4.78, 5) is 0. The van der Waals surface area contributed by atoms with E-state index in [0.29, 0.717) is 20.6 Å². The molecule has 0 bridgehead atoms. The maximum atomic E-state index is 13.7. The zero-order chi connectivity index (χ0) is 14.0. The maximum absolute atomic E-state index is 13.7. The fraction of sp³-hybridized carbons (Fsp3) is 0.143. The lowest BCUT2D eigenvalue weighted by molar-refractivity contribution is 0.563. The Morgan fingerprint density at radius 2 is 1.84 bits per heavy atom. The van der Waals surface area contributed by atoms with Crippen LogP contribution in [0.1, 0.15) is 17.2 Å². The summed E-state index contributed by atoms with van der Waals surface area (Å²) >= 11 is 8.85. The summed E-state index contributed by atoms with van der Waals surface area (Å²) in [6.07, 6.45) is 0.210. The number of nitrogens with two attached hydrogens (primary N) is 1. The van der Waals surface area contributed by atoms with E-state index in [9.17, 15) is 8.78 Å². The second-order valence-corrected chi connectivity index (χ2v) is 5.56. The summed E-state index contributed by atoms with van der Waals surface area (Å²) in [5.41, 5.74) is 6.70. The highest BCUT2D eigenvalue weighted by Crippen LogP contribution is 2.24. The Morgan fingerprint density at radius 1 is 1.11 bits per heavy atom. The van der Waals surface area contributed by atoms with Crippen molar-refractivity contribution in [3.05, 3.63) is 68.7 Å². The second kappa shape index (κ2) is 5.99. The number of rotatable bonds is 3. The molecule has 0 amide bonds. The summed E-state index contributed by atoms with van der Waals surface area (Å²) in [7, 11) is 0. The lowest BCUT2D eigenvalue weighted by Gasteiger charge is -2.14. The molecule has 0 aromatic heterocycles. The van der Waals surface area contributed by atoms with Crippen LogP contribution in [0, 0.1) is 11.6 Å². The van der Waals surface area contributed by atoms with Crippen molar-refractivity contribution in [3.63, 3.8) is 0 Å². The van der Waals surface area contributed by atoms with E-state index in [1.54, 1.807) is 24.3 Å². The van der Waals surface area contributed by atoms with Gasteiger partial charge in [0.25, 0.3) is 0 Å². The van der Waals surface area contributed by atoms with Crippen LogP contribution in [-0.2, 0) is 6.42 Å². The highest BCUT2D eigenvalue weighted by Gasteiger charge is 2.14. The van der Waals surface area contributed by atoms with Gasteiger partial charge in [0, 0.05) is 21.1 Å². The molecule has 0 radical (unpaired) electrons. The predicted molar refractivity (Wildman–Crippen MR) is 76.1 cm³/mol. The Balaban J connectivity index is 2.23. The van der Waals surface area contributed by atoms with Gasteiger partial charge in [0.15, 0.2) is 0 Å². The molecule has 5 heteroatoms. The minimum atomic E-state index is -0.608. The number of benzene rings is 2. The van der Waals surface area contributed by atoms with Gasteiger partial charge in [-0.1, -0.05) is 39.7 Å². The Morgan fingerprint density at radius 3 is 2.47 bits per heavy atom. The summed E-state index contributed by atoms with van der Waals surface area (Å²) in [5.74, 6) is -0.836. The van der Waals surface area contributed by atoms with E-state index in [2.05, 4.69) is 15.9 Å². The third-order valence-electron chi connectivity index (χ3n) is 2.82. The fourth-order valence-corrected chi connectivity index (χ4v) is 2.33. The van der Waals surface area contributed by atoms with E-state index in [4.69, 9.17) is 17.3 Å². The van der Waals surface area contributed by atoms with Crippen molar-refractivity contribution in [1.82, 2.24) is 0 Å². The van der Waals surface area contributed by atoms with Crippen molar-refractivity contribution in [1.29, 1.82) is 0 Å². The number of hydrogen-bond donors (Lipinski definition) is 1. The van der Waals surface area contributed by atoms with Crippen molar-refractivity contribution in [2.24, 2.45) is 5.73 Å². The van der Waals surface area contributed by atoms with Gasteiger partial charge in [-0.25, -0.2) is 8.78 Å². The normalized spacial score (nSPS) is 12.5. The Hall–Kier alpha value is -0.970. The molecular formula is C14H11BrClF2N. The van der Waals surface area contributed by atoms with Crippen molar-refractivity contribution in [2.45, 2.75) is 12.5 Å². The zero-order valence-corrected chi connectivity index (χ0v) is 12.2. The first-order valence-corrected chi connectivity index (χ1v) is 6.79. The molecule has 0 heterocycles. The number of hydrogen-bond acceptors (Lipinski definition) is 1. The molecule has 2 aromatic carbocycles. The molecule has 0 spiro atoms. The molecule has 19 heavy (non-hydrogen) atoms. The standard InChI is InChI=1S/C14H11BrClF2N/c15-9-2-4-11(13(18)6-9)14(19)5-8-1-3-10(16)7-12(8)17/h1-4,6-7,14H,5,19H2. The first-order valence-electron chi connectivity index (χ1n) is 5.62. The molecule has 100 valence electrons. The monoisotopic (exact) mass is 345 g/mol. The lowest BCUT2D eigenvalue weighted by atomic mass is 9.99. The molecule has 0 aliphatic heterocycles. The first-order chi connectivity index (χ1) is 8.97. The predicted octanol–water partition coefficient (Wildman–Crippen LogP) is 4.62. The molecule has 2 rings (SSSR count). The molecule has 0 fully saturated rings. The van der Waals surface area contributed by atoms with Crippen LogP contribution in [0.4, 0.5) is 8.78 Å². The molecule has 0 aliphatic carbocycles. The van der Waals surface area contributed by atoms with E-state index in [1.165, 1.54) is 12.1 Å². The summed E-state index contributed by atoms with van der Waals surface area (Å²) in [6.45, 7) is 0. The van der Waals surface area contributed by atoms with Crippen molar-refractivity contribution in [3.8, 4) is 0 Å². The molecule has 1 atom stereocenters. The van der Waals surface area contributed by atoms with Crippen LogP contribution < -0.4 is 5.73 Å². The van der Waals surface area contributed by atoms with Crippen LogP contribution in [0.2, 0.25) is 5.02 Å². The molecule has 2 N–H and O–H groups in total. The average Bonchev–Trinajstić information content (AvgIpc) is 2.32. The van der Waals surface area contributed by atoms with Crippen LogP contribution in [0.3, 0.4) is 0 Å². The second-order valence-electron chi connectivity index (χ2n) is 4.21. The van der Waals surface area contributed by atoms with Crippen LogP contribution in [0.25, 0.3) is 0 Å². The van der Waals surface area contributed by atoms with Crippen molar-refractivity contribution < 1.29 is 8.78 Å². The van der Waals surface area contributed by atoms with Crippen molar-refractivity contribution >= 4 is 27.5 Å². The van der Waals surface area contributed by atoms with Crippen LogP contribution in [0.15, 0.2) is 40.9 Å². The minimum Gasteiger partial charge on any atom is -0.324 e. The van der Waals surface area contributed by atoms with Gasteiger partial charge >= 0.3 is 0 Å². The van der Waals surface area contributed by atoms with E-state index >= 15 is 0 Å². The molecular weight excluding hydrogens is 336 g/mol. The highest BCUT2D eigenvalue weighted by molar-refractivity contribution is 9.10. The van der Waals surface area contributed by atoms with E-state index in [0.717, 1.165) is 0 Å². The van der Waals surface area contributed by atoms with Crippen LogP contribution in [-0.4, -0.2) is 0 Å². The lowest BCUT2D eigenvalue weighted by Crippen LogP contribution is -2.15. The van der Waals surface area contributed by atoms with Crippen molar-refractivity contribution in [2.75, 3.05) is 0 Å². The molecule has 1 unspecified atom stereocenters. The molecule has 0 saturated carbocycles. The zero-order valence-electron chi connectivity index (χ0n) is 9.84. The summed E-state index contributed by atoms with van der Waals surface area (Å²) in [6, 6.07) is 8.41. The van der Waals surface area contributed by atoms with Gasteiger partial charge in [0.05, 0.1) is 0 Å². The van der Waals surface area contributed by atoms with Crippen LogP contribution in [0.5, 0.6) is 0 Å². The smallest absolute Gasteiger partial charge is 0.129 e. The quantitative estimate of drug-likeness (QED) is 0.862. The molecule has 0 saturated heterocycles. The third-order valence-corrected chi connectivity index (χ3v) is 3.55. The topological polar surface area (TPSA) is 26.0 Å². The first kappa shape index (κ1) is 14.4. The number of halogens is 4. The van der Waals surface area contributed by atoms with E-state index < -0.39 is 17.7 Å². The van der Waals surface area contributed by atoms with Gasteiger partial charge in [0.1, 0.15) is 11.6 Å². The third kappa shape index (κ3) is 3.53. The largest absolute Gasteiger partial charge is 0.324 e. The Bertz CT molecular complexity index is 604. The summed E-state index contributed by atoms with van der Waals surface area (Å²) < 4.78 is 28.0. The fourth-order valence-electron chi connectivity index (χ4n) is 1.84. The molecule has 1 nitrogen and oxygen atoms in total. The average molecular weight is 347 g/mol. The van der Waals surface area contributed by atoms with Gasteiger partial charge in [-0.15, -0.1) is 0 Å². The van der Waals surface area contributed by atoms with Gasteiger partial charge in [-0.05, 0) is 36.2 Å². The molecule has 0 aliphatic rings. The molecule has 2 aromatic rings. The maximum Gasteiger partial charge on any atom is 0.129 e. The van der Waals surface area contributed by atoms with Gasteiger partial charge in [-0.3, -0.25) is 0 Å². The van der Waals surface area contributed by atoms with Gasteiger partial charge < -0.3 is 5.73 Å². The minimum absolute atomic E-state index is 0.210. The van der Waals surface area contributed by atoms with Gasteiger partial charge in [0.2, 0.25) is 0 Å². The van der Waals surface area contributed by atoms with Crippen LogP contribution >= 0.6 is 27.5 Å². The van der Waals surface area contributed by atoms with E-state index in [-0.39, 0.29) is 6.42 Å².